The molecule has 0 aliphatic carbocycles. The van der Waals surface area contributed by atoms with Gasteiger partial charge in [-0.1, -0.05) is 0 Å². The Kier molecular flexibility index (Phi) is 3.15. The van der Waals surface area contributed by atoms with Crippen molar-refractivity contribution in [3.05, 3.63) is 23.8 Å². The molecule has 0 radical (unpaired) electrons. The molecule has 6 heteroatoms. The summed E-state index contributed by atoms with van der Waals surface area (Å²) in [6.45, 7) is 0.944. The molecular formula is C11H12F3NO2. The highest BCUT2D eigenvalue weighted by Crippen LogP contribution is 2.34. The number of benzene rings is 1. The van der Waals surface area contributed by atoms with Gasteiger partial charge in [0, 0.05) is 6.42 Å². The van der Waals surface area contributed by atoms with Crippen molar-refractivity contribution in [2.45, 2.75) is 18.7 Å². The molecule has 0 amide bonds. The van der Waals surface area contributed by atoms with Crippen molar-refractivity contribution < 1.29 is 22.6 Å². The molecule has 0 unspecified atom stereocenters. The molecule has 1 aromatic carbocycles. The highest BCUT2D eigenvalue weighted by molar-refractivity contribution is 5.54. The maximum absolute atomic E-state index is 12.5. The van der Waals surface area contributed by atoms with Gasteiger partial charge >= 0.3 is 6.18 Å². The largest absolute Gasteiger partial charge is 0.486 e. The number of hydrogen-bond donors (Lipinski definition) is 1. The highest BCUT2D eigenvalue weighted by atomic mass is 19.4. The summed E-state index contributed by atoms with van der Waals surface area (Å²) in [5, 5.41) is 0. The van der Waals surface area contributed by atoms with Gasteiger partial charge in [0.05, 0.1) is 24.5 Å². The van der Waals surface area contributed by atoms with Crippen molar-refractivity contribution in [3.63, 3.8) is 0 Å². The molecule has 17 heavy (non-hydrogen) atoms. The van der Waals surface area contributed by atoms with Crippen LogP contribution in [0.1, 0.15) is 12.0 Å². The zero-order valence-corrected chi connectivity index (χ0v) is 8.96. The van der Waals surface area contributed by atoms with Crippen LogP contribution in [-0.4, -0.2) is 19.3 Å². The van der Waals surface area contributed by atoms with Crippen molar-refractivity contribution in [2.24, 2.45) is 0 Å². The van der Waals surface area contributed by atoms with Gasteiger partial charge in [-0.25, -0.2) is 0 Å². The van der Waals surface area contributed by atoms with Crippen molar-refractivity contribution in [1.82, 2.24) is 0 Å². The molecule has 1 atom stereocenters. The Balaban J connectivity index is 2.20. The molecule has 0 bridgehead atoms. The molecule has 0 saturated carbocycles. The van der Waals surface area contributed by atoms with Gasteiger partial charge in [0.15, 0.2) is 0 Å². The van der Waals surface area contributed by atoms with Gasteiger partial charge in [0.1, 0.15) is 11.9 Å². The lowest BCUT2D eigenvalue weighted by molar-refractivity contribution is -0.137. The van der Waals surface area contributed by atoms with E-state index < -0.39 is 11.7 Å². The molecule has 1 heterocycles. The molecule has 1 aliphatic heterocycles. The van der Waals surface area contributed by atoms with Crippen LogP contribution in [0.25, 0.3) is 0 Å². The van der Waals surface area contributed by atoms with Gasteiger partial charge in [-0.05, 0) is 18.2 Å². The van der Waals surface area contributed by atoms with Crippen LogP contribution in [0.3, 0.4) is 0 Å². The zero-order valence-electron chi connectivity index (χ0n) is 8.96. The van der Waals surface area contributed by atoms with E-state index in [-0.39, 0.29) is 17.5 Å². The summed E-state index contributed by atoms with van der Waals surface area (Å²) in [7, 11) is 0. The molecule has 1 saturated heterocycles. The van der Waals surface area contributed by atoms with Gasteiger partial charge in [-0.15, -0.1) is 0 Å². The van der Waals surface area contributed by atoms with E-state index in [0.717, 1.165) is 12.1 Å². The average Bonchev–Trinajstić information content (AvgIpc) is 2.72. The number of rotatable bonds is 2. The molecule has 1 aromatic rings. The second-order valence-electron chi connectivity index (χ2n) is 3.85. The maximum atomic E-state index is 12.5. The number of hydrogen-bond acceptors (Lipinski definition) is 3. The normalized spacial score (nSPS) is 20.5. The van der Waals surface area contributed by atoms with Crippen LogP contribution in [-0.2, 0) is 10.9 Å². The fourth-order valence-electron chi connectivity index (χ4n) is 1.60. The molecular weight excluding hydrogens is 235 g/mol. The first-order valence-electron chi connectivity index (χ1n) is 5.18. The minimum Gasteiger partial charge on any atom is -0.486 e. The SMILES string of the molecule is Nc1ccc(C(F)(F)F)cc1O[C@@H]1CCOC1. The van der Waals surface area contributed by atoms with Crippen molar-refractivity contribution >= 4 is 5.69 Å². The van der Waals surface area contributed by atoms with Gasteiger partial charge in [0.25, 0.3) is 0 Å². The smallest absolute Gasteiger partial charge is 0.416 e. The van der Waals surface area contributed by atoms with Crippen LogP contribution in [0.15, 0.2) is 18.2 Å². The summed E-state index contributed by atoms with van der Waals surface area (Å²) < 4.78 is 47.9. The monoisotopic (exact) mass is 247 g/mol. The summed E-state index contributed by atoms with van der Waals surface area (Å²) in [4.78, 5) is 0. The van der Waals surface area contributed by atoms with E-state index in [2.05, 4.69) is 0 Å². The van der Waals surface area contributed by atoms with Crippen molar-refractivity contribution in [2.75, 3.05) is 18.9 Å². The first kappa shape index (κ1) is 12.0. The van der Waals surface area contributed by atoms with Crippen LogP contribution >= 0.6 is 0 Å². The minimum atomic E-state index is -4.39. The predicted molar refractivity (Wildman–Crippen MR) is 55.7 cm³/mol. The van der Waals surface area contributed by atoms with E-state index in [1.807, 2.05) is 0 Å². The van der Waals surface area contributed by atoms with Crippen LogP contribution in [0.5, 0.6) is 5.75 Å². The third-order valence-electron chi connectivity index (χ3n) is 2.52. The standard InChI is InChI=1S/C11H12F3NO2/c12-11(13,14)7-1-2-9(15)10(5-7)17-8-3-4-16-6-8/h1-2,5,8H,3-4,6,15H2/t8-/m1/s1. The third-order valence-corrected chi connectivity index (χ3v) is 2.52. The average molecular weight is 247 g/mol. The van der Waals surface area contributed by atoms with Crippen LogP contribution in [0, 0.1) is 0 Å². The van der Waals surface area contributed by atoms with E-state index >= 15 is 0 Å². The Bertz CT molecular complexity index is 400. The van der Waals surface area contributed by atoms with E-state index in [9.17, 15) is 13.2 Å². The Morgan fingerprint density at radius 2 is 2.12 bits per heavy atom. The fourth-order valence-corrected chi connectivity index (χ4v) is 1.60. The highest BCUT2D eigenvalue weighted by Gasteiger charge is 2.31. The molecule has 1 fully saturated rings. The van der Waals surface area contributed by atoms with Gasteiger partial charge < -0.3 is 15.2 Å². The van der Waals surface area contributed by atoms with Crippen LogP contribution < -0.4 is 10.5 Å². The Morgan fingerprint density at radius 3 is 2.71 bits per heavy atom. The van der Waals surface area contributed by atoms with E-state index in [1.54, 1.807) is 0 Å². The summed E-state index contributed by atoms with van der Waals surface area (Å²) in [6.07, 6.45) is -3.95. The van der Waals surface area contributed by atoms with E-state index in [1.165, 1.54) is 6.07 Å². The Hall–Kier alpha value is -1.43. The maximum Gasteiger partial charge on any atom is 0.416 e. The van der Waals surface area contributed by atoms with Gasteiger partial charge in [0.2, 0.25) is 0 Å². The molecule has 0 aromatic heterocycles. The summed E-state index contributed by atoms with van der Waals surface area (Å²) in [6, 6.07) is 3.06. The number of ether oxygens (including phenoxy) is 2. The van der Waals surface area contributed by atoms with Crippen LogP contribution in [0.2, 0.25) is 0 Å². The fraction of sp³-hybridized carbons (Fsp3) is 0.455. The number of nitrogens with two attached hydrogens (primary N) is 1. The molecule has 2 N–H and O–H groups in total. The lowest BCUT2D eigenvalue weighted by atomic mass is 10.2. The summed E-state index contributed by atoms with van der Waals surface area (Å²) >= 11 is 0. The van der Waals surface area contributed by atoms with Crippen molar-refractivity contribution in [1.29, 1.82) is 0 Å². The van der Waals surface area contributed by atoms with Gasteiger partial charge in [-0.3, -0.25) is 0 Å². The van der Waals surface area contributed by atoms with Crippen molar-refractivity contribution in [3.8, 4) is 5.75 Å². The topological polar surface area (TPSA) is 44.5 Å². The van der Waals surface area contributed by atoms with E-state index in [4.69, 9.17) is 15.2 Å². The molecule has 94 valence electrons. The molecule has 2 rings (SSSR count). The second-order valence-corrected chi connectivity index (χ2v) is 3.85. The van der Waals surface area contributed by atoms with E-state index in [0.29, 0.717) is 19.6 Å². The lowest BCUT2D eigenvalue weighted by Gasteiger charge is -2.15. The number of nitrogen functional groups attached to an aromatic ring is 1. The third kappa shape index (κ3) is 2.82. The Morgan fingerprint density at radius 1 is 1.35 bits per heavy atom. The number of halogens is 3. The van der Waals surface area contributed by atoms with Gasteiger partial charge in [-0.2, -0.15) is 13.2 Å². The second kappa shape index (κ2) is 4.44. The predicted octanol–water partition coefficient (Wildman–Crippen LogP) is 2.46. The summed E-state index contributed by atoms with van der Waals surface area (Å²) in [5.74, 6) is 0.0651. The minimum absolute atomic E-state index is 0.0651. The zero-order chi connectivity index (χ0) is 12.5. The quantitative estimate of drug-likeness (QED) is 0.816. The lowest BCUT2D eigenvalue weighted by Crippen LogP contribution is -2.17. The molecule has 1 aliphatic rings. The summed E-state index contributed by atoms with van der Waals surface area (Å²) in [5.41, 5.74) is 5.01. The van der Waals surface area contributed by atoms with Crippen LogP contribution in [0.4, 0.5) is 18.9 Å². The molecule has 3 nitrogen and oxygen atoms in total. The first-order valence-corrected chi connectivity index (χ1v) is 5.18. The Labute approximate surface area is 96.3 Å². The number of anilines is 1. The first-order chi connectivity index (χ1) is 7.97. The molecule has 0 spiro atoms. The number of alkyl halides is 3.